The number of halogens is 1. The first-order valence-corrected chi connectivity index (χ1v) is 5.91. The van der Waals surface area contributed by atoms with Gasteiger partial charge in [0, 0.05) is 12.6 Å². The number of rotatable bonds is 5. The highest BCUT2D eigenvalue weighted by Crippen LogP contribution is 2.37. The number of hydrogen-bond acceptors (Lipinski definition) is 4. The Kier molecular flexibility index (Phi) is 5.05. The summed E-state index contributed by atoms with van der Waals surface area (Å²) in [6, 6.07) is 3.17. The Morgan fingerprint density at radius 2 is 2.19 bits per heavy atom. The van der Waals surface area contributed by atoms with Crippen LogP contribution in [0.3, 0.4) is 0 Å². The summed E-state index contributed by atoms with van der Waals surface area (Å²) in [5, 5.41) is 18.5. The minimum Gasteiger partial charge on any atom is -0.503 e. The molecule has 16 heavy (non-hydrogen) atoms. The number of benzene rings is 1. The van der Waals surface area contributed by atoms with Crippen molar-refractivity contribution in [1.82, 2.24) is 0 Å². The summed E-state index contributed by atoms with van der Waals surface area (Å²) in [4.78, 5) is 0. The van der Waals surface area contributed by atoms with Crippen LogP contribution in [0.1, 0.15) is 24.9 Å². The Hall–Kier alpha value is -0.780. The van der Waals surface area contributed by atoms with Gasteiger partial charge in [-0.3, -0.25) is 0 Å². The molecule has 0 aliphatic heterocycles. The standard InChI is InChI=1S/C11H16BrNO3/c1-2-16-10-6-7(9(13)3-4-14)5-8(12)11(10)15/h5-6,9,14-15H,2-4,13H2,1H3. The molecule has 0 aromatic heterocycles. The lowest BCUT2D eigenvalue weighted by molar-refractivity contribution is 0.276. The zero-order valence-electron chi connectivity index (χ0n) is 9.11. The van der Waals surface area contributed by atoms with Crippen molar-refractivity contribution in [2.75, 3.05) is 13.2 Å². The molecule has 4 N–H and O–H groups in total. The van der Waals surface area contributed by atoms with E-state index in [1.165, 1.54) is 0 Å². The van der Waals surface area contributed by atoms with Gasteiger partial charge in [-0.05, 0) is 47.0 Å². The van der Waals surface area contributed by atoms with E-state index < -0.39 is 0 Å². The highest BCUT2D eigenvalue weighted by Gasteiger charge is 2.13. The summed E-state index contributed by atoms with van der Waals surface area (Å²) >= 11 is 3.24. The third-order valence-electron chi connectivity index (χ3n) is 2.22. The average Bonchev–Trinajstić information content (AvgIpc) is 2.25. The molecule has 0 aliphatic carbocycles. The van der Waals surface area contributed by atoms with Gasteiger partial charge in [-0.2, -0.15) is 0 Å². The summed E-state index contributed by atoms with van der Waals surface area (Å²) in [6.45, 7) is 2.34. The number of phenolic OH excluding ortho intramolecular Hbond substituents is 1. The molecule has 0 fully saturated rings. The van der Waals surface area contributed by atoms with Crippen LogP contribution < -0.4 is 10.5 Å². The molecule has 0 aliphatic rings. The second-order valence-corrected chi connectivity index (χ2v) is 4.26. The molecule has 0 spiro atoms. The first-order chi connectivity index (χ1) is 7.60. The molecule has 0 bridgehead atoms. The summed E-state index contributed by atoms with van der Waals surface area (Å²) in [7, 11) is 0. The zero-order valence-corrected chi connectivity index (χ0v) is 10.7. The van der Waals surface area contributed by atoms with Gasteiger partial charge < -0.3 is 20.7 Å². The quantitative estimate of drug-likeness (QED) is 0.774. The molecule has 90 valence electrons. The van der Waals surface area contributed by atoms with Crippen molar-refractivity contribution in [2.24, 2.45) is 5.73 Å². The summed E-state index contributed by atoms with van der Waals surface area (Å²) in [5.74, 6) is 0.474. The van der Waals surface area contributed by atoms with E-state index in [0.717, 1.165) is 5.56 Å². The van der Waals surface area contributed by atoms with Gasteiger partial charge in [0.05, 0.1) is 11.1 Å². The molecule has 1 aromatic carbocycles. The molecule has 0 amide bonds. The van der Waals surface area contributed by atoms with Gasteiger partial charge in [0.15, 0.2) is 11.5 Å². The van der Waals surface area contributed by atoms with E-state index in [1.807, 2.05) is 6.92 Å². The topological polar surface area (TPSA) is 75.7 Å². The van der Waals surface area contributed by atoms with Crippen LogP contribution in [0.4, 0.5) is 0 Å². The largest absolute Gasteiger partial charge is 0.503 e. The fourth-order valence-electron chi connectivity index (χ4n) is 1.38. The maximum absolute atomic E-state index is 9.70. The number of hydrogen-bond donors (Lipinski definition) is 3. The lowest BCUT2D eigenvalue weighted by atomic mass is 10.0. The van der Waals surface area contributed by atoms with Gasteiger partial charge in [-0.25, -0.2) is 0 Å². The first kappa shape index (κ1) is 13.3. The van der Waals surface area contributed by atoms with E-state index >= 15 is 0 Å². The van der Waals surface area contributed by atoms with Gasteiger partial charge in [0.1, 0.15) is 0 Å². The van der Waals surface area contributed by atoms with Crippen LogP contribution in [0, 0.1) is 0 Å². The second-order valence-electron chi connectivity index (χ2n) is 3.40. The van der Waals surface area contributed by atoms with E-state index in [2.05, 4.69) is 15.9 Å². The highest BCUT2D eigenvalue weighted by molar-refractivity contribution is 9.10. The molecule has 0 saturated carbocycles. The summed E-state index contributed by atoms with van der Waals surface area (Å²) < 4.78 is 5.83. The molecule has 1 unspecified atom stereocenters. The monoisotopic (exact) mass is 289 g/mol. The normalized spacial score (nSPS) is 12.5. The fourth-order valence-corrected chi connectivity index (χ4v) is 1.84. The first-order valence-electron chi connectivity index (χ1n) is 5.11. The van der Waals surface area contributed by atoms with E-state index in [4.69, 9.17) is 15.6 Å². The predicted octanol–water partition coefficient (Wildman–Crippen LogP) is 1.94. The molecule has 0 saturated heterocycles. The van der Waals surface area contributed by atoms with Crippen molar-refractivity contribution in [3.05, 3.63) is 22.2 Å². The maximum atomic E-state index is 9.70. The molecule has 4 nitrogen and oxygen atoms in total. The van der Waals surface area contributed by atoms with Crippen molar-refractivity contribution in [3.8, 4) is 11.5 Å². The maximum Gasteiger partial charge on any atom is 0.172 e. The molecule has 1 atom stereocenters. The highest BCUT2D eigenvalue weighted by atomic mass is 79.9. The van der Waals surface area contributed by atoms with Crippen LogP contribution in [0.15, 0.2) is 16.6 Å². The molecule has 0 radical (unpaired) electrons. The molecule has 0 heterocycles. The Labute approximate surface area is 103 Å². The Balaban J connectivity index is 3.03. The summed E-state index contributed by atoms with van der Waals surface area (Å²) in [6.07, 6.45) is 0.475. The van der Waals surface area contributed by atoms with Crippen LogP contribution in [0.2, 0.25) is 0 Å². The van der Waals surface area contributed by atoms with Crippen LogP contribution in [-0.2, 0) is 0 Å². The SMILES string of the molecule is CCOc1cc(C(N)CCO)cc(Br)c1O. The third-order valence-corrected chi connectivity index (χ3v) is 2.82. The number of aliphatic hydroxyl groups excluding tert-OH is 1. The minimum absolute atomic E-state index is 0.0314. The molecule has 1 aromatic rings. The van der Waals surface area contributed by atoms with E-state index in [1.54, 1.807) is 12.1 Å². The summed E-state index contributed by atoms with van der Waals surface area (Å²) in [5.41, 5.74) is 6.69. The van der Waals surface area contributed by atoms with Crippen LogP contribution in [0.5, 0.6) is 11.5 Å². The van der Waals surface area contributed by atoms with Gasteiger partial charge in [0.25, 0.3) is 0 Å². The lowest BCUT2D eigenvalue weighted by Crippen LogP contribution is -2.12. The predicted molar refractivity (Wildman–Crippen MR) is 65.6 cm³/mol. The number of phenols is 1. The lowest BCUT2D eigenvalue weighted by Gasteiger charge is -2.14. The Bertz CT molecular complexity index is 357. The van der Waals surface area contributed by atoms with Crippen LogP contribution in [0.25, 0.3) is 0 Å². The fraction of sp³-hybridized carbons (Fsp3) is 0.455. The van der Waals surface area contributed by atoms with Crippen molar-refractivity contribution in [1.29, 1.82) is 0 Å². The third kappa shape index (κ3) is 3.10. The molecular formula is C11H16BrNO3. The van der Waals surface area contributed by atoms with Crippen molar-refractivity contribution >= 4 is 15.9 Å². The molecule has 5 heteroatoms. The number of nitrogens with two attached hydrogens (primary N) is 1. The van der Waals surface area contributed by atoms with E-state index in [9.17, 15) is 5.11 Å². The number of aromatic hydroxyl groups is 1. The van der Waals surface area contributed by atoms with Gasteiger partial charge in [-0.15, -0.1) is 0 Å². The van der Waals surface area contributed by atoms with Crippen LogP contribution >= 0.6 is 15.9 Å². The van der Waals surface area contributed by atoms with E-state index in [-0.39, 0.29) is 18.4 Å². The van der Waals surface area contributed by atoms with Crippen LogP contribution in [-0.4, -0.2) is 23.4 Å². The Morgan fingerprint density at radius 3 is 2.75 bits per heavy atom. The van der Waals surface area contributed by atoms with Crippen molar-refractivity contribution < 1.29 is 14.9 Å². The van der Waals surface area contributed by atoms with Crippen molar-refractivity contribution in [3.63, 3.8) is 0 Å². The number of ether oxygens (including phenoxy) is 1. The molecular weight excluding hydrogens is 274 g/mol. The second kappa shape index (κ2) is 6.08. The minimum atomic E-state index is -0.263. The number of aliphatic hydroxyl groups is 1. The molecule has 1 rings (SSSR count). The average molecular weight is 290 g/mol. The smallest absolute Gasteiger partial charge is 0.172 e. The van der Waals surface area contributed by atoms with E-state index in [0.29, 0.717) is 23.2 Å². The Morgan fingerprint density at radius 1 is 1.50 bits per heavy atom. The zero-order chi connectivity index (χ0) is 12.1. The van der Waals surface area contributed by atoms with Crippen molar-refractivity contribution in [2.45, 2.75) is 19.4 Å². The van der Waals surface area contributed by atoms with Gasteiger partial charge in [-0.1, -0.05) is 0 Å². The van der Waals surface area contributed by atoms with Gasteiger partial charge >= 0.3 is 0 Å². The van der Waals surface area contributed by atoms with Gasteiger partial charge in [0.2, 0.25) is 0 Å².